The summed E-state index contributed by atoms with van der Waals surface area (Å²) in [6.07, 6.45) is 0.0197. The first-order chi connectivity index (χ1) is 15.9. The van der Waals surface area contributed by atoms with Crippen molar-refractivity contribution < 1.29 is 28.3 Å². The maximum absolute atomic E-state index is 13.0. The summed E-state index contributed by atoms with van der Waals surface area (Å²) < 4.78 is 18.3. The number of amides is 2. The Bertz CT molecular complexity index is 1200. The second-order valence-electron chi connectivity index (χ2n) is 7.24. The first kappa shape index (κ1) is 22.4. The lowest BCUT2D eigenvalue weighted by atomic mass is 10.0. The van der Waals surface area contributed by atoms with E-state index in [1.165, 1.54) is 48.5 Å². The number of carbonyl (C=O) groups excluding carboxylic acids is 4. The second-order valence-corrected chi connectivity index (χ2v) is 8.43. The van der Waals surface area contributed by atoms with Crippen LogP contribution in [0.5, 0.6) is 5.75 Å². The van der Waals surface area contributed by atoms with Crippen LogP contribution in [0.25, 0.3) is 0 Å². The molecule has 2 amide bonds. The van der Waals surface area contributed by atoms with Crippen LogP contribution in [0.3, 0.4) is 0 Å². The fourth-order valence-electron chi connectivity index (χ4n) is 3.35. The van der Waals surface area contributed by atoms with Crippen molar-refractivity contribution in [3.63, 3.8) is 0 Å². The van der Waals surface area contributed by atoms with Crippen LogP contribution in [-0.4, -0.2) is 34.6 Å². The molecule has 1 heterocycles. The highest BCUT2D eigenvalue weighted by Gasteiger charge is 2.40. The number of para-hydroxylation sites is 1. The van der Waals surface area contributed by atoms with Gasteiger partial charge in [0.15, 0.2) is 5.78 Å². The number of hydrogen-bond acceptors (Lipinski definition) is 6. The molecule has 166 valence electrons. The number of nitrogens with zero attached hydrogens (tertiary/aromatic N) is 1. The zero-order chi connectivity index (χ0) is 23.4. The van der Waals surface area contributed by atoms with Crippen LogP contribution in [0.1, 0.15) is 22.3 Å². The van der Waals surface area contributed by atoms with E-state index in [4.69, 9.17) is 4.74 Å². The minimum absolute atomic E-state index is 0.0197. The maximum atomic E-state index is 13.0. The van der Waals surface area contributed by atoms with Crippen molar-refractivity contribution in [3.8, 4) is 5.75 Å². The zero-order valence-corrected chi connectivity index (χ0v) is 18.1. The molecular weight excluding hydrogens is 445 g/mol. The monoisotopic (exact) mass is 463 g/mol. The normalized spacial score (nSPS) is 15.5. The van der Waals surface area contributed by atoms with Crippen molar-refractivity contribution >= 4 is 41.0 Å². The number of hydrogen-bond donors (Lipinski definition) is 0. The molecule has 1 aliphatic heterocycles. The van der Waals surface area contributed by atoms with Gasteiger partial charge in [0.1, 0.15) is 11.6 Å². The van der Waals surface area contributed by atoms with Gasteiger partial charge in [0, 0.05) is 17.5 Å². The number of ketones is 1. The smallest absolute Gasteiger partial charge is 0.321 e. The van der Waals surface area contributed by atoms with Gasteiger partial charge in [-0.1, -0.05) is 18.2 Å². The van der Waals surface area contributed by atoms with Crippen LogP contribution < -0.4 is 9.64 Å². The van der Waals surface area contributed by atoms with E-state index in [1.807, 2.05) is 0 Å². The van der Waals surface area contributed by atoms with E-state index < -0.39 is 17.0 Å². The van der Waals surface area contributed by atoms with Crippen LogP contribution in [0.2, 0.25) is 0 Å². The van der Waals surface area contributed by atoms with E-state index in [1.54, 1.807) is 30.3 Å². The Kier molecular flexibility index (Phi) is 6.65. The van der Waals surface area contributed by atoms with Crippen LogP contribution >= 0.6 is 11.8 Å². The number of ether oxygens (including phenoxy) is 1. The molecule has 3 aromatic carbocycles. The Balaban J connectivity index is 1.31. The molecule has 33 heavy (non-hydrogen) atoms. The van der Waals surface area contributed by atoms with Gasteiger partial charge in [-0.05, 0) is 60.7 Å². The van der Waals surface area contributed by atoms with Crippen molar-refractivity contribution in [1.29, 1.82) is 0 Å². The van der Waals surface area contributed by atoms with Gasteiger partial charge in [0.25, 0.3) is 0 Å². The molecule has 1 aliphatic rings. The lowest BCUT2D eigenvalue weighted by Crippen LogP contribution is -2.31. The highest BCUT2D eigenvalue weighted by Crippen LogP contribution is 2.29. The molecule has 1 saturated heterocycles. The van der Waals surface area contributed by atoms with Crippen LogP contribution in [-0.2, 0) is 14.4 Å². The molecule has 0 saturated carbocycles. The molecule has 1 fully saturated rings. The van der Waals surface area contributed by atoms with Gasteiger partial charge in [-0.3, -0.25) is 19.2 Å². The SMILES string of the molecule is O=C(CS[C@H]1CC(=O)N(c2ccccc2)C1=O)Oc1ccc(C(=O)c2ccc(F)cc2)cc1. The summed E-state index contributed by atoms with van der Waals surface area (Å²) in [6, 6.07) is 19.9. The Morgan fingerprint density at radius 1 is 0.909 bits per heavy atom. The standard InChI is InChI=1S/C25H18FNO5S/c26-18-10-6-16(7-11-18)24(30)17-8-12-20(13-9-17)32-23(29)15-33-21-14-22(28)27(25(21)31)19-4-2-1-3-5-19/h1-13,21H,14-15H2/t21-/m0/s1. The van der Waals surface area contributed by atoms with Gasteiger partial charge in [0.05, 0.1) is 16.7 Å². The molecule has 3 aromatic rings. The van der Waals surface area contributed by atoms with Crippen molar-refractivity contribution in [1.82, 2.24) is 0 Å². The van der Waals surface area contributed by atoms with Gasteiger partial charge in [-0.25, -0.2) is 9.29 Å². The topological polar surface area (TPSA) is 80.8 Å². The summed E-state index contributed by atoms with van der Waals surface area (Å²) in [5.41, 5.74) is 1.22. The second kappa shape index (κ2) is 9.79. The predicted molar refractivity (Wildman–Crippen MR) is 122 cm³/mol. The lowest BCUT2D eigenvalue weighted by Gasteiger charge is -2.14. The number of halogens is 1. The third-order valence-electron chi connectivity index (χ3n) is 4.98. The van der Waals surface area contributed by atoms with Gasteiger partial charge < -0.3 is 4.74 Å². The Labute approximate surface area is 193 Å². The molecule has 1 atom stereocenters. The van der Waals surface area contributed by atoms with Gasteiger partial charge >= 0.3 is 5.97 Å². The highest BCUT2D eigenvalue weighted by molar-refractivity contribution is 8.01. The van der Waals surface area contributed by atoms with E-state index in [-0.39, 0.29) is 35.5 Å². The van der Waals surface area contributed by atoms with Crippen molar-refractivity contribution in [2.45, 2.75) is 11.7 Å². The van der Waals surface area contributed by atoms with Gasteiger partial charge in [-0.2, -0.15) is 0 Å². The Morgan fingerprint density at radius 2 is 1.52 bits per heavy atom. The molecule has 0 radical (unpaired) electrons. The highest BCUT2D eigenvalue weighted by atomic mass is 32.2. The fraction of sp³-hybridized carbons (Fsp3) is 0.120. The molecule has 0 unspecified atom stereocenters. The zero-order valence-electron chi connectivity index (χ0n) is 17.3. The summed E-state index contributed by atoms with van der Waals surface area (Å²) in [7, 11) is 0. The van der Waals surface area contributed by atoms with Gasteiger partial charge in [0.2, 0.25) is 11.8 Å². The van der Waals surface area contributed by atoms with E-state index >= 15 is 0 Å². The van der Waals surface area contributed by atoms with E-state index in [9.17, 15) is 23.6 Å². The van der Waals surface area contributed by atoms with E-state index in [0.29, 0.717) is 16.8 Å². The minimum Gasteiger partial charge on any atom is -0.426 e. The molecular formula is C25H18FNO5S. The van der Waals surface area contributed by atoms with Crippen molar-refractivity contribution in [3.05, 3.63) is 95.8 Å². The Hall–Kier alpha value is -3.78. The summed E-state index contributed by atoms with van der Waals surface area (Å²) in [6.45, 7) is 0. The number of carbonyl (C=O) groups is 4. The first-order valence-electron chi connectivity index (χ1n) is 10.1. The molecule has 0 bridgehead atoms. The average Bonchev–Trinajstić information content (AvgIpc) is 3.11. The van der Waals surface area contributed by atoms with Crippen molar-refractivity contribution in [2.75, 3.05) is 10.7 Å². The number of rotatable bonds is 7. The molecule has 8 heteroatoms. The average molecular weight is 463 g/mol. The summed E-state index contributed by atoms with van der Waals surface area (Å²) in [4.78, 5) is 50.7. The fourth-order valence-corrected chi connectivity index (χ4v) is 4.26. The third kappa shape index (κ3) is 5.18. The molecule has 0 spiro atoms. The molecule has 0 aromatic heterocycles. The van der Waals surface area contributed by atoms with E-state index in [0.717, 1.165) is 16.7 Å². The quantitative estimate of drug-likeness (QED) is 0.228. The number of benzene rings is 3. The summed E-state index contributed by atoms with van der Waals surface area (Å²) in [5, 5.41) is -0.652. The van der Waals surface area contributed by atoms with Gasteiger partial charge in [-0.15, -0.1) is 11.8 Å². The Morgan fingerprint density at radius 3 is 2.15 bits per heavy atom. The van der Waals surface area contributed by atoms with Crippen molar-refractivity contribution in [2.24, 2.45) is 0 Å². The number of esters is 1. The molecule has 4 rings (SSSR count). The number of imide groups is 1. The van der Waals surface area contributed by atoms with Crippen LogP contribution in [0, 0.1) is 5.82 Å². The molecule has 0 aliphatic carbocycles. The minimum atomic E-state index is -0.652. The predicted octanol–water partition coefficient (Wildman–Crippen LogP) is 4.03. The lowest BCUT2D eigenvalue weighted by molar-refractivity contribution is -0.131. The summed E-state index contributed by atoms with van der Waals surface area (Å²) in [5.74, 6) is -1.81. The van der Waals surface area contributed by atoms with E-state index in [2.05, 4.69) is 0 Å². The van der Waals surface area contributed by atoms with Crippen LogP contribution in [0.4, 0.5) is 10.1 Å². The molecule has 0 N–H and O–H groups in total. The van der Waals surface area contributed by atoms with Crippen LogP contribution in [0.15, 0.2) is 78.9 Å². The molecule has 6 nitrogen and oxygen atoms in total. The maximum Gasteiger partial charge on any atom is 0.321 e. The first-order valence-corrected chi connectivity index (χ1v) is 11.1. The third-order valence-corrected chi connectivity index (χ3v) is 6.15. The number of anilines is 1. The largest absolute Gasteiger partial charge is 0.426 e. The summed E-state index contributed by atoms with van der Waals surface area (Å²) >= 11 is 1.06. The number of thioether (sulfide) groups is 1.